The van der Waals surface area contributed by atoms with Crippen molar-refractivity contribution in [2.75, 3.05) is 19.8 Å². The van der Waals surface area contributed by atoms with Crippen LogP contribution in [0.15, 0.2) is 16.8 Å². The molecule has 1 aromatic heterocycles. The van der Waals surface area contributed by atoms with Crippen LogP contribution < -0.4 is 0 Å². The summed E-state index contributed by atoms with van der Waals surface area (Å²) in [4.78, 5) is 24.5. The van der Waals surface area contributed by atoms with Crippen LogP contribution in [0.1, 0.15) is 12.0 Å². The number of aliphatic carboxylic acids is 1. The van der Waals surface area contributed by atoms with E-state index in [-0.39, 0.29) is 18.4 Å². The largest absolute Gasteiger partial charge is 0.481 e. The number of ether oxygens (including phenoxy) is 1. The summed E-state index contributed by atoms with van der Waals surface area (Å²) in [5, 5.41) is 12.7. The average molecular weight is 269 g/mol. The lowest BCUT2D eigenvalue weighted by molar-refractivity contribution is -0.145. The minimum Gasteiger partial charge on any atom is -0.481 e. The fourth-order valence-electron chi connectivity index (χ4n) is 2.02. The fourth-order valence-corrected chi connectivity index (χ4v) is 2.69. The van der Waals surface area contributed by atoms with E-state index in [0.717, 1.165) is 5.56 Å². The molecule has 2 heterocycles. The van der Waals surface area contributed by atoms with E-state index in [1.165, 1.54) is 0 Å². The van der Waals surface area contributed by atoms with Crippen molar-refractivity contribution in [3.05, 3.63) is 22.4 Å². The second-order valence-electron chi connectivity index (χ2n) is 4.22. The van der Waals surface area contributed by atoms with Gasteiger partial charge in [0.25, 0.3) is 0 Å². The van der Waals surface area contributed by atoms with Gasteiger partial charge in [-0.15, -0.1) is 0 Å². The van der Waals surface area contributed by atoms with Crippen LogP contribution in [0.25, 0.3) is 0 Å². The molecular formula is C12H15NO4S. The number of carboxylic acid groups (broad SMARTS) is 1. The molecule has 5 nitrogen and oxygen atoms in total. The zero-order valence-corrected chi connectivity index (χ0v) is 10.7. The number of rotatable bonds is 4. The molecule has 0 aromatic carbocycles. The molecular weight excluding hydrogens is 254 g/mol. The number of carboxylic acids is 1. The predicted octanol–water partition coefficient (Wildman–Crippen LogP) is 0.993. The van der Waals surface area contributed by atoms with Gasteiger partial charge in [-0.3, -0.25) is 9.59 Å². The van der Waals surface area contributed by atoms with Crippen molar-refractivity contribution in [3.8, 4) is 0 Å². The van der Waals surface area contributed by atoms with Crippen molar-refractivity contribution in [1.82, 2.24) is 4.90 Å². The summed E-state index contributed by atoms with van der Waals surface area (Å²) in [5.74, 6) is -0.929. The Bertz CT molecular complexity index is 418. The molecule has 0 unspecified atom stereocenters. The number of hydrogen-bond donors (Lipinski definition) is 1. The molecule has 1 aliphatic heterocycles. The average Bonchev–Trinajstić information content (AvgIpc) is 2.81. The summed E-state index contributed by atoms with van der Waals surface area (Å²) < 4.78 is 5.24. The van der Waals surface area contributed by atoms with E-state index in [1.54, 1.807) is 16.2 Å². The van der Waals surface area contributed by atoms with Gasteiger partial charge in [-0.2, -0.15) is 11.3 Å². The normalized spacial score (nSPS) is 19.8. The number of carbonyl (C=O) groups is 2. The highest BCUT2D eigenvalue weighted by atomic mass is 32.1. The van der Waals surface area contributed by atoms with Crippen LogP contribution in [0.4, 0.5) is 0 Å². The second-order valence-corrected chi connectivity index (χ2v) is 5.00. The first kappa shape index (κ1) is 13.0. The van der Waals surface area contributed by atoms with Crippen LogP contribution in [-0.2, 0) is 20.7 Å². The van der Waals surface area contributed by atoms with Gasteiger partial charge in [0.05, 0.1) is 32.1 Å². The van der Waals surface area contributed by atoms with Gasteiger partial charge < -0.3 is 14.7 Å². The Hall–Kier alpha value is -1.40. The molecule has 6 heteroatoms. The van der Waals surface area contributed by atoms with E-state index in [9.17, 15) is 9.59 Å². The van der Waals surface area contributed by atoms with Gasteiger partial charge >= 0.3 is 5.97 Å². The number of hydrogen-bond acceptors (Lipinski definition) is 4. The predicted molar refractivity (Wildman–Crippen MR) is 66.6 cm³/mol. The van der Waals surface area contributed by atoms with E-state index in [1.807, 2.05) is 16.8 Å². The first-order valence-corrected chi connectivity index (χ1v) is 6.71. The van der Waals surface area contributed by atoms with Crippen molar-refractivity contribution in [3.63, 3.8) is 0 Å². The Morgan fingerprint density at radius 1 is 1.56 bits per heavy atom. The van der Waals surface area contributed by atoms with Gasteiger partial charge in [-0.05, 0) is 22.4 Å². The molecule has 2 rings (SSSR count). The Morgan fingerprint density at radius 3 is 3.06 bits per heavy atom. The summed E-state index contributed by atoms with van der Waals surface area (Å²) in [5.41, 5.74) is 0.977. The van der Waals surface area contributed by atoms with Crippen LogP contribution in [0.5, 0.6) is 0 Å². The summed E-state index contributed by atoms with van der Waals surface area (Å²) in [6, 6.07) is 1.57. The smallest absolute Gasteiger partial charge is 0.305 e. The van der Waals surface area contributed by atoms with E-state index in [2.05, 4.69) is 0 Å². The van der Waals surface area contributed by atoms with Crippen LogP contribution in [-0.4, -0.2) is 47.7 Å². The maximum Gasteiger partial charge on any atom is 0.305 e. The van der Waals surface area contributed by atoms with Gasteiger partial charge in [0.2, 0.25) is 5.91 Å². The monoisotopic (exact) mass is 269 g/mol. The quantitative estimate of drug-likeness (QED) is 0.885. The van der Waals surface area contributed by atoms with E-state index < -0.39 is 5.97 Å². The first-order valence-electron chi connectivity index (χ1n) is 5.77. The third-order valence-corrected chi connectivity index (χ3v) is 3.63. The molecule has 0 spiro atoms. The standard InChI is InChI=1S/C12H15NO4S/c14-11(5-9-1-4-18-8-9)13-2-3-17-7-10(13)6-12(15)16/h1,4,8,10H,2-3,5-7H2,(H,15,16)/t10-/m0/s1. The van der Waals surface area contributed by atoms with Gasteiger partial charge in [-0.25, -0.2) is 0 Å². The second kappa shape index (κ2) is 5.97. The Labute approximate surface area is 109 Å². The van der Waals surface area contributed by atoms with Crippen molar-refractivity contribution in [2.24, 2.45) is 0 Å². The number of nitrogens with zero attached hydrogens (tertiary/aromatic N) is 1. The van der Waals surface area contributed by atoms with Crippen molar-refractivity contribution in [2.45, 2.75) is 18.9 Å². The van der Waals surface area contributed by atoms with Crippen LogP contribution in [0.3, 0.4) is 0 Å². The molecule has 0 saturated carbocycles. The van der Waals surface area contributed by atoms with Gasteiger partial charge in [0, 0.05) is 6.54 Å². The van der Waals surface area contributed by atoms with Crippen molar-refractivity contribution in [1.29, 1.82) is 0 Å². The molecule has 1 fully saturated rings. The van der Waals surface area contributed by atoms with Gasteiger partial charge in [0.15, 0.2) is 0 Å². The Balaban J connectivity index is 1.99. The third kappa shape index (κ3) is 3.30. The number of carbonyl (C=O) groups excluding carboxylic acids is 1. The highest BCUT2D eigenvalue weighted by molar-refractivity contribution is 7.07. The molecule has 1 amide bonds. The number of morpholine rings is 1. The zero-order chi connectivity index (χ0) is 13.0. The maximum atomic E-state index is 12.1. The highest BCUT2D eigenvalue weighted by Gasteiger charge is 2.28. The van der Waals surface area contributed by atoms with Crippen LogP contribution >= 0.6 is 11.3 Å². The molecule has 0 bridgehead atoms. The molecule has 98 valence electrons. The van der Waals surface area contributed by atoms with Gasteiger partial charge in [-0.1, -0.05) is 0 Å². The van der Waals surface area contributed by atoms with E-state index in [0.29, 0.717) is 26.2 Å². The topological polar surface area (TPSA) is 66.8 Å². The Morgan fingerprint density at radius 2 is 2.39 bits per heavy atom. The van der Waals surface area contributed by atoms with Crippen molar-refractivity contribution >= 4 is 23.2 Å². The molecule has 0 radical (unpaired) electrons. The summed E-state index contributed by atoms with van der Waals surface area (Å²) in [6.07, 6.45) is 0.273. The molecule has 1 aliphatic rings. The molecule has 1 N–H and O–H groups in total. The summed E-state index contributed by atoms with van der Waals surface area (Å²) in [7, 11) is 0. The fraction of sp³-hybridized carbons (Fsp3) is 0.500. The zero-order valence-electron chi connectivity index (χ0n) is 9.87. The van der Waals surface area contributed by atoms with E-state index >= 15 is 0 Å². The summed E-state index contributed by atoms with van der Waals surface area (Å²) in [6.45, 7) is 1.26. The minimum absolute atomic E-state index is 0.0250. The molecule has 0 aliphatic carbocycles. The number of amides is 1. The molecule has 1 saturated heterocycles. The van der Waals surface area contributed by atoms with E-state index in [4.69, 9.17) is 9.84 Å². The Kier molecular flexibility index (Phi) is 4.33. The minimum atomic E-state index is -0.904. The number of thiophene rings is 1. The SMILES string of the molecule is O=C(O)C[C@H]1COCCN1C(=O)Cc1ccsc1. The summed E-state index contributed by atoms with van der Waals surface area (Å²) >= 11 is 1.55. The van der Waals surface area contributed by atoms with Gasteiger partial charge in [0.1, 0.15) is 0 Å². The molecule has 1 aromatic rings. The lowest BCUT2D eigenvalue weighted by atomic mass is 10.1. The first-order chi connectivity index (χ1) is 8.66. The van der Waals surface area contributed by atoms with Crippen LogP contribution in [0.2, 0.25) is 0 Å². The molecule has 18 heavy (non-hydrogen) atoms. The third-order valence-electron chi connectivity index (χ3n) is 2.89. The van der Waals surface area contributed by atoms with Crippen molar-refractivity contribution < 1.29 is 19.4 Å². The molecule has 1 atom stereocenters. The highest BCUT2D eigenvalue weighted by Crippen LogP contribution is 2.14. The van der Waals surface area contributed by atoms with Crippen LogP contribution in [0, 0.1) is 0 Å². The maximum absolute atomic E-state index is 12.1. The lowest BCUT2D eigenvalue weighted by Gasteiger charge is -2.34. The lowest BCUT2D eigenvalue weighted by Crippen LogP contribution is -2.50.